The largest absolute Gasteiger partial charge is 0.573 e. The molecule has 0 bridgehead atoms. The molecule has 0 saturated carbocycles. The monoisotopic (exact) mass is 540 g/mol. The van der Waals surface area contributed by atoms with Crippen LogP contribution in [-0.4, -0.2) is 36.9 Å². The third-order valence-corrected chi connectivity index (χ3v) is 5.49. The van der Waals surface area contributed by atoms with Gasteiger partial charge in [-0.05, 0) is 55.1 Å². The van der Waals surface area contributed by atoms with Crippen molar-refractivity contribution >= 4 is 41.3 Å². The number of hydrogen-bond donors (Lipinski definition) is 2. The predicted molar refractivity (Wildman–Crippen MR) is 120 cm³/mol. The number of aliphatic imine (C=N–C) groups is 1. The van der Waals surface area contributed by atoms with E-state index in [1.807, 2.05) is 6.07 Å². The van der Waals surface area contributed by atoms with Gasteiger partial charge in [-0.1, -0.05) is 18.2 Å². The van der Waals surface area contributed by atoms with E-state index in [9.17, 15) is 13.2 Å². The number of ether oxygens (including phenoxy) is 1. The molecule has 3 N–H and O–H groups in total. The molecular weight excluding hydrogens is 516 g/mol. The van der Waals surface area contributed by atoms with Crippen LogP contribution < -0.4 is 15.8 Å². The van der Waals surface area contributed by atoms with Crippen molar-refractivity contribution in [2.24, 2.45) is 10.7 Å². The molecule has 29 heavy (non-hydrogen) atoms. The smallest absolute Gasteiger partial charge is 0.406 e. The first kappa shape index (κ1) is 23.7. The van der Waals surface area contributed by atoms with E-state index in [1.54, 1.807) is 11.3 Å². The minimum Gasteiger partial charge on any atom is -0.406 e. The van der Waals surface area contributed by atoms with Gasteiger partial charge in [0.2, 0.25) is 0 Å². The maximum atomic E-state index is 12.2. The number of nitrogens with zero attached hydrogens (tertiary/aromatic N) is 2. The van der Waals surface area contributed by atoms with Crippen LogP contribution in [0.1, 0.15) is 29.3 Å². The summed E-state index contributed by atoms with van der Waals surface area (Å²) >= 11 is 1.73. The Morgan fingerprint density at radius 3 is 2.48 bits per heavy atom. The molecule has 2 heterocycles. The molecule has 1 atom stereocenters. The van der Waals surface area contributed by atoms with Crippen molar-refractivity contribution in [3.63, 3.8) is 0 Å². The Morgan fingerprint density at radius 1 is 1.21 bits per heavy atom. The molecule has 1 unspecified atom stereocenters. The van der Waals surface area contributed by atoms with Crippen LogP contribution in [0.25, 0.3) is 0 Å². The van der Waals surface area contributed by atoms with Crippen LogP contribution in [0.4, 0.5) is 13.2 Å². The highest BCUT2D eigenvalue weighted by atomic mass is 127. The summed E-state index contributed by atoms with van der Waals surface area (Å²) in [6.07, 6.45) is -2.28. The third kappa shape index (κ3) is 7.67. The zero-order valence-corrected chi connectivity index (χ0v) is 18.8. The van der Waals surface area contributed by atoms with Gasteiger partial charge in [-0.2, -0.15) is 0 Å². The Kier molecular flexibility index (Phi) is 9.03. The highest BCUT2D eigenvalue weighted by Gasteiger charge is 2.31. The van der Waals surface area contributed by atoms with E-state index in [-0.39, 0.29) is 42.3 Å². The second-order valence-corrected chi connectivity index (χ2v) is 7.53. The third-order valence-electron chi connectivity index (χ3n) is 4.52. The van der Waals surface area contributed by atoms with Crippen LogP contribution in [0.5, 0.6) is 5.75 Å². The van der Waals surface area contributed by atoms with Gasteiger partial charge >= 0.3 is 6.36 Å². The molecular formula is C19H24F3IN4OS. The molecule has 1 aromatic carbocycles. The van der Waals surface area contributed by atoms with Gasteiger partial charge in [0.25, 0.3) is 0 Å². The fourth-order valence-electron chi connectivity index (χ4n) is 3.17. The number of hydrogen-bond acceptors (Lipinski definition) is 4. The number of nitrogens with one attached hydrogen (secondary N) is 1. The van der Waals surface area contributed by atoms with Crippen molar-refractivity contribution < 1.29 is 17.9 Å². The molecule has 0 spiro atoms. The summed E-state index contributed by atoms with van der Waals surface area (Å²) in [5.41, 5.74) is 6.73. The van der Waals surface area contributed by atoms with Crippen molar-refractivity contribution in [2.45, 2.75) is 31.8 Å². The Bertz CT molecular complexity index is 763. The average Bonchev–Trinajstić information content (AvgIpc) is 3.34. The van der Waals surface area contributed by atoms with E-state index in [0.29, 0.717) is 12.5 Å². The van der Waals surface area contributed by atoms with E-state index in [0.717, 1.165) is 18.7 Å². The number of thiophene rings is 1. The molecule has 1 aliphatic heterocycles. The molecule has 0 radical (unpaired) electrons. The summed E-state index contributed by atoms with van der Waals surface area (Å²) in [4.78, 5) is 8.03. The molecule has 160 valence electrons. The quantitative estimate of drug-likeness (QED) is 0.309. The second-order valence-electron chi connectivity index (χ2n) is 6.55. The fraction of sp³-hybridized carbons (Fsp3) is 0.421. The lowest BCUT2D eigenvalue weighted by Crippen LogP contribution is -2.39. The summed E-state index contributed by atoms with van der Waals surface area (Å²) in [6.45, 7) is 3.09. The van der Waals surface area contributed by atoms with Crippen LogP contribution in [0.3, 0.4) is 0 Å². The molecule has 1 fully saturated rings. The lowest BCUT2D eigenvalue weighted by atomic mass is 10.2. The Hall–Kier alpha value is -1.53. The number of guanidine groups is 1. The summed E-state index contributed by atoms with van der Waals surface area (Å²) in [7, 11) is 0. The van der Waals surface area contributed by atoms with Gasteiger partial charge in [0.15, 0.2) is 5.96 Å². The zero-order chi connectivity index (χ0) is 20.0. The van der Waals surface area contributed by atoms with Gasteiger partial charge in [-0.15, -0.1) is 48.5 Å². The first-order valence-corrected chi connectivity index (χ1v) is 9.94. The topological polar surface area (TPSA) is 62.9 Å². The number of likely N-dealkylation sites (tertiary alicyclic amines) is 1. The van der Waals surface area contributed by atoms with E-state index in [4.69, 9.17) is 5.73 Å². The van der Waals surface area contributed by atoms with Crippen LogP contribution >= 0.6 is 35.3 Å². The summed E-state index contributed by atoms with van der Waals surface area (Å²) in [5, 5.41) is 5.25. The molecule has 2 aromatic rings. The summed E-state index contributed by atoms with van der Waals surface area (Å²) in [5.74, 6) is 0.0621. The molecule has 1 aliphatic rings. The average molecular weight is 540 g/mol. The summed E-state index contributed by atoms with van der Waals surface area (Å²) in [6, 6.07) is 10.0. The fourth-order valence-corrected chi connectivity index (χ4v) is 4.03. The molecule has 5 nitrogen and oxygen atoms in total. The van der Waals surface area contributed by atoms with Crippen LogP contribution in [0.2, 0.25) is 0 Å². The number of halogens is 4. The van der Waals surface area contributed by atoms with Crippen LogP contribution in [-0.2, 0) is 6.54 Å². The Labute approximate surface area is 189 Å². The number of benzene rings is 1. The first-order valence-electron chi connectivity index (χ1n) is 9.06. The van der Waals surface area contributed by atoms with Crippen molar-refractivity contribution in [3.05, 3.63) is 52.2 Å². The van der Waals surface area contributed by atoms with Crippen molar-refractivity contribution in [3.8, 4) is 5.75 Å². The highest BCUT2D eigenvalue weighted by molar-refractivity contribution is 14.0. The van der Waals surface area contributed by atoms with E-state index in [1.165, 1.54) is 42.0 Å². The van der Waals surface area contributed by atoms with Gasteiger partial charge in [0.05, 0.1) is 12.6 Å². The van der Waals surface area contributed by atoms with E-state index < -0.39 is 6.36 Å². The van der Waals surface area contributed by atoms with Crippen molar-refractivity contribution in [1.82, 2.24) is 10.2 Å². The molecule has 3 rings (SSSR count). The molecule has 0 aliphatic carbocycles. The van der Waals surface area contributed by atoms with Gasteiger partial charge in [-0.3, -0.25) is 4.90 Å². The minimum atomic E-state index is -4.69. The minimum absolute atomic E-state index is 0. The van der Waals surface area contributed by atoms with E-state index in [2.05, 4.69) is 31.4 Å². The van der Waals surface area contributed by atoms with Crippen LogP contribution in [0.15, 0.2) is 46.8 Å². The van der Waals surface area contributed by atoms with E-state index >= 15 is 0 Å². The molecule has 10 heteroatoms. The number of alkyl halides is 3. The van der Waals surface area contributed by atoms with Crippen LogP contribution in [0, 0.1) is 0 Å². The SMILES string of the molecule is I.NC(=NCc1ccc(OC(F)(F)F)cc1)NCC(c1cccs1)N1CCCC1. The molecule has 0 amide bonds. The Morgan fingerprint density at radius 2 is 1.90 bits per heavy atom. The maximum Gasteiger partial charge on any atom is 0.573 e. The number of nitrogens with two attached hydrogens (primary N) is 1. The normalized spacial score (nSPS) is 16.3. The molecule has 1 aromatic heterocycles. The van der Waals surface area contributed by atoms with Gasteiger partial charge in [-0.25, -0.2) is 4.99 Å². The lowest BCUT2D eigenvalue weighted by Gasteiger charge is -2.27. The standard InChI is InChI=1S/C19H23F3N4OS.HI/c20-19(21,22)27-15-7-5-14(6-8-15)12-24-18(23)25-13-16(17-4-3-11-28-17)26-9-1-2-10-26;/h3-8,11,16H,1-2,9-10,12-13H2,(H3,23,24,25);1H. The second kappa shape index (κ2) is 11.0. The first-order chi connectivity index (χ1) is 13.4. The Balaban J connectivity index is 0.00000300. The highest BCUT2D eigenvalue weighted by Crippen LogP contribution is 2.27. The predicted octanol–water partition coefficient (Wildman–Crippen LogP) is 4.51. The molecule has 1 saturated heterocycles. The van der Waals surface area contributed by atoms with Crippen molar-refractivity contribution in [2.75, 3.05) is 19.6 Å². The van der Waals surface area contributed by atoms with Gasteiger partial charge in [0.1, 0.15) is 5.75 Å². The van der Waals surface area contributed by atoms with Crippen molar-refractivity contribution in [1.29, 1.82) is 0 Å². The zero-order valence-electron chi connectivity index (χ0n) is 15.7. The number of rotatable bonds is 7. The van der Waals surface area contributed by atoms with Gasteiger partial charge in [0, 0.05) is 11.4 Å². The lowest BCUT2D eigenvalue weighted by molar-refractivity contribution is -0.274. The van der Waals surface area contributed by atoms with Gasteiger partial charge < -0.3 is 15.8 Å². The maximum absolute atomic E-state index is 12.2. The summed E-state index contributed by atoms with van der Waals surface area (Å²) < 4.78 is 40.4.